The molecule has 3 rings (SSSR count). The maximum absolute atomic E-state index is 12.4. The topological polar surface area (TPSA) is 66.6 Å². The van der Waals surface area contributed by atoms with Crippen LogP contribution in [0, 0.1) is 17.8 Å². The Morgan fingerprint density at radius 3 is 2.94 bits per heavy atom. The Hall–Kier alpha value is -0.260. The van der Waals surface area contributed by atoms with E-state index in [-0.39, 0.29) is 24.1 Å². The summed E-state index contributed by atoms with van der Waals surface area (Å²) in [5.74, 6) is 2.58. The van der Waals surface area contributed by atoms with Crippen LogP contribution in [-0.2, 0) is 4.79 Å². The SMILES string of the molecule is CSCC[C@@H](N)C(=O)N1CC2CC3CC2C1C3O. The van der Waals surface area contributed by atoms with Crippen LogP contribution < -0.4 is 5.73 Å². The number of aliphatic hydroxyl groups excluding tert-OH is 1. The number of fused-ring (bicyclic) bond motifs is 1. The minimum Gasteiger partial charge on any atom is -0.391 e. The van der Waals surface area contributed by atoms with Crippen molar-refractivity contribution in [3.63, 3.8) is 0 Å². The van der Waals surface area contributed by atoms with Crippen molar-refractivity contribution in [2.75, 3.05) is 18.6 Å². The summed E-state index contributed by atoms with van der Waals surface area (Å²) >= 11 is 1.72. The Labute approximate surface area is 112 Å². The number of likely N-dealkylation sites (tertiary alicyclic amines) is 1. The third kappa shape index (κ3) is 1.79. The van der Waals surface area contributed by atoms with E-state index < -0.39 is 0 Å². The number of aliphatic hydroxyl groups is 1. The average Bonchev–Trinajstić information content (AvgIpc) is 2.95. The fraction of sp³-hybridized carbons (Fsp3) is 0.923. The Balaban J connectivity index is 1.68. The summed E-state index contributed by atoms with van der Waals surface area (Å²) in [6.07, 6.45) is 4.67. The molecule has 2 bridgehead atoms. The number of rotatable bonds is 4. The number of nitrogens with zero attached hydrogens (tertiary/aromatic N) is 1. The molecule has 0 radical (unpaired) electrons. The van der Waals surface area contributed by atoms with Crippen LogP contribution in [0.4, 0.5) is 0 Å². The van der Waals surface area contributed by atoms with Crippen molar-refractivity contribution in [1.82, 2.24) is 4.90 Å². The van der Waals surface area contributed by atoms with Crippen molar-refractivity contribution in [3.05, 3.63) is 0 Å². The average molecular weight is 270 g/mol. The van der Waals surface area contributed by atoms with Gasteiger partial charge in [0.15, 0.2) is 0 Å². The van der Waals surface area contributed by atoms with E-state index in [1.54, 1.807) is 11.8 Å². The van der Waals surface area contributed by atoms with Gasteiger partial charge in [0.2, 0.25) is 5.91 Å². The molecule has 18 heavy (non-hydrogen) atoms. The van der Waals surface area contributed by atoms with Crippen molar-refractivity contribution in [2.24, 2.45) is 23.5 Å². The fourth-order valence-corrected chi connectivity index (χ4v) is 4.74. The van der Waals surface area contributed by atoms with Crippen molar-refractivity contribution >= 4 is 17.7 Å². The summed E-state index contributed by atoms with van der Waals surface area (Å²) in [4.78, 5) is 14.3. The standard InChI is InChI=1S/C13H22N2O2S/c1-18-3-2-10(14)13(17)15-6-8-4-7-5-9(8)11(15)12(7)16/h7-12,16H,2-6,14H2,1H3/t7?,8?,9?,10-,11?,12?/m1/s1. The molecule has 0 aromatic rings. The monoisotopic (exact) mass is 270 g/mol. The van der Waals surface area contributed by atoms with Gasteiger partial charge in [0.25, 0.3) is 0 Å². The van der Waals surface area contributed by atoms with Gasteiger partial charge in [0.1, 0.15) is 0 Å². The number of amides is 1. The number of hydrogen-bond donors (Lipinski definition) is 2. The molecular formula is C13H22N2O2S. The second kappa shape index (κ2) is 4.69. The van der Waals surface area contributed by atoms with Crippen LogP contribution >= 0.6 is 11.8 Å². The zero-order valence-corrected chi connectivity index (χ0v) is 11.6. The van der Waals surface area contributed by atoms with Crippen LogP contribution in [0.5, 0.6) is 0 Å². The molecule has 6 atom stereocenters. The summed E-state index contributed by atoms with van der Waals surface area (Å²) in [5, 5.41) is 10.2. The number of thioether (sulfide) groups is 1. The lowest BCUT2D eigenvalue weighted by Crippen LogP contribution is -2.50. The van der Waals surface area contributed by atoms with E-state index in [0.29, 0.717) is 17.8 Å². The summed E-state index contributed by atoms with van der Waals surface area (Å²) < 4.78 is 0. The molecule has 3 N–H and O–H groups in total. The van der Waals surface area contributed by atoms with Crippen molar-refractivity contribution in [1.29, 1.82) is 0 Å². The molecule has 2 aliphatic carbocycles. The minimum atomic E-state index is -0.388. The number of hydrogen-bond acceptors (Lipinski definition) is 4. The summed E-state index contributed by atoms with van der Waals surface area (Å²) in [6.45, 7) is 0.828. The largest absolute Gasteiger partial charge is 0.391 e. The molecule has 1 aliphatic heterocycles. The molecule has 5 unspecified atom stereocenters. The highest BCUT2D eigenvalue weighted by Gasteiger charge is 2.60. The quantitative estimate of drug-likeness (QED) is 0.771. The first-order valence-corrected chi connectivity index (χ1v) is 8.26. The first-order valence-electron chi connectivity index (χ1n) is 6.86. The highest BCUT2D eigenvalue weighted by Crippen LogP contribution is 2.54. The van der Waals surface area contributed by atoms with Crippen molar-refractivity contribution < 1.29 is 9.90 Å². The van der Waals surface area contributed by atoms with Gasteiger partial charge in [-0.05, 0) is 49.0 Å². The van der Waals surface area contributed by atoms with Gasteiger partial charge < -0.3 is 15.7 Å². The first kappa shape index (κ1) is 12.8. The van der Waals surface area contributed by atoms with Gasteiger partial charge in [-0.3, -0.25) is 4.79 Å². The number of carbonyl (C=O) groups excluding carboxylic acids is 1. The lowest BCUT2D eigenvalue weighted by Gasteiger charge is -2.30. The second-order valence-electron chi connectivity index (χ2n) is 6.02. The van der Waals surface area contributed by atoms with E-state index in [9.17, 15) is 9.90 Å². The van der Waals surface area contributed by atoms with E-state index >= 15 is 0 Å². The molecule has 1 saturated heterocycles. The van der Waals surface area contributed by atoms with Crippen LogP contribution in [0.1, 0.15) is 19.3 Å². The lowest BCUT2D eigenvalue weighted by atomic mass is 9.88. The van der Waals surface area contributed by atoms with E-state index in [0.717, 1.165) is 31.6 Å². The fourth-order valence-electron chi connectivity index (χ4n) is 4.25. The predicted molar refractivity (Wildman–Crippen MR) is 72.2 cm³/mol. The molecular weight excluding hydrogens is 248 g/mol. The van der Waals surface area contributed by atoms with Crippen LogP contribution in [0.2, 0.25) is 0 Å². The lowest BCUT2D eigenvalue weighted by molar-refractivity contribution is -0.135. The number of carbonyl (C=O) groups is 1. The first-order chi connectivity index (χ1) is 8.63. The van der Waals surface area contributed by atoms with Gasteiger partial charge in [-0.2, -0.15) is 11.8 Å². The highest BCUT2D eigenvalue weighted by molar-refractivity contribution is 7.98. The summed E-state index contributed by atoms with van der Waals surface area (Å²) in [6, 6.07) is -0.317. The third-order valence-electron chi connectivity index (χ3n) is 5.08. The second-order valence-corrected chi connectivity index (χ2v) is 7.00. The Kier molecular flexibility index (Phi) is 3.32. The molecule has 1 amide bonds. The zero-order valence-electron chi connectivity index (χ0n) is 10.8. The molecule has 0 spiro atoms. The van der Waals surface area contributed by atoms with Crippen LogP contribution in [0.3, 0.4) is 0 Å². The molecule has 4 nitrogen and oxygen atoms in total. The van der Waals surface area contributed by atoms with Gasteiger partial charge >= 0.3 is 0 Å². The van der Waals surface area contributed by atoms with Gasteiger partial charge in [0.05, 0.1) is 18.2 Å². The van der Waals surface area contributed by atoms with E-state index in [2.05, 4.69) is 0 Å². The normalized spacial score (nSPS) is 42.6. The van der Waals surface area contributed by atoms with E-state index in [1.165, 1.54) is 0 Å². The Bertz CT molecular complexity index is 350. The molecule has 0 aromatic heterocycles. The van der Waals surface area contributed by atoms with Gasteiger partial charge in [-0.1, -0.05) is 0 Å². The Morgan fingerprint density at radius 2 is 2.28 bits per heavy atom. The molecule has 3 aliphatic rings. The van der Waals surface area contributed by atoms with E-state index in [1.807, 2.05) is 11.2 Å². The minimum absolute atomic E-state index is 0.0585. The van der Waals surface area contributed by atoms with Gasteiger partial charge in [-0.15, -0.1) is 0 Å². The summed E-state index contributed by atoms with van der Waals surface area (Å²) in [5.41, 5.74) is 5.98. The molecule has 1 heterocycles. The molecule has 3 fully saturated rings. The third-order valence-corrected chi connectivity index (χ3v) is 5.73. The molecule has 5 heteroatoms. The van der Waals surface area contributed by atoms with Gasteiger partial charge in [0, 0.05) is 6.54 Å². The zero-order chi connectivity index (χ0) is 12.9. The predicted octanol–water partition coefficient (Wildman–Crippen LogP) is 0.294. The van der Waals surface area contributed by atoms with Crippen LogP contribution in [0.15, 0.2) is 0 Å². The highest BCUT2D eigenvalue weighted by atomic mass is 32.2. The maximum atomic E-state index is 12.4. The molecule has 2 saturated carbocycles. The smallest absolute Gasteiger partial charge is 0.239 e. The number of nitrogens with two attached hydrogens (primary N) is 1. The van der Waals surface area contributed by atoms with E-state index in [4.69, 9.17) is 5.73 Å². The van der Waals surface area contributed by atoms with Crippen molar-refractivity contribution in [2.45, 2.75) is 37.5 Å². The van der Waals surface area contributed by atoms with Crippen LogP contribution in [0.25, 0.3) is 0 Å². The van der Waals surface area contributed by atoms with Crippen molar-refractivity contribution in [3.8, 4) is 0 Å². The molecule has 102 valence electrons. The Morgan fingerprint density at radius 1 is 1.50 bits per heavy atom. The van der Waals surface area contributed by atoms with Crippen LogP contribution in [-0.4, -0.2) is 52.7 Å². The molecule has 0 aromatic carbocycles. The van der Waals surface area contributed by atoms with Gasteiger partial charge in [-0.25, -0.2) is 0 Å². The maximum Gasteiger partial charge on any atom is 0.239 e. The summed E-state index contributed by atoms with van der Waals surface area (Å²) in [7, 11) is 0.